The zero-order valence-electron chi connectivity index (χ0n) is 8.65. The summed E-state index contributed by atoms with van der Waals surface area (Å²) in [5, 5.41) is 0. The fourth-order valence-corrected chi connectivity index (χ4v) is 1.82. The van der Waals surface area contributed by atoms with E-state index in [9.17, 15) is 4.39 Å². The topological polar surface area (TPSA) is 27.1 Å². The van der Waals surface area contributed by atoms with Crippen molar-refractivity contribution in [3.05, 3.63) is 40.9 Å². The van der Waals surface area contributed by atoms with Gasteiger partial charge >= 0.3 is 6.01 Å². The predicted molar refractivity (Wildman–Crippen MR) is 62.1 cm³/mol. The smallest absolute Gasteiger partial charge is 0.302 e. The first-order valence-electron chi connectivity index (χ1n) is 4.85. The van der Waals surface area contributed by atoms with E-state index in [-0.39, 0.29) is 5.82 Å². The van der Waals surface area contributed by atoms with Crippen LogP contribution in [0.5, 0.6) is 11.8 Å². The molecule has 0 saturated heterocycles. The molecule has 0 bridgehead atoms. The van der Waals surface area contributed by atoms with Crippen molar-refractivity contribution in [1.82, 2.24) is 9.55 Å². The first-order chi connectivity index (χ1) is 7.70. The maximum absolute atomic E-state index is 12.7. The zero-order valence-corrected chi connectivity index (χ0v) is 10.2. The second kappa shape index (κ2) is 4.65. The van der Waals surface area contributed by atoms with Gasteiger partial charge in [0.1, 0.15) is 16.2 Å². The molecule has 0 unspecified atom stereocenters. The highest BCUT2D eigenvalue weighted by Gasteiger charge is 2.08. The molecule has 0 N–H and O–H groups in total. The molecule has 0 saturated carbocycles. The Kier molecular flexibility index (Phi) is 3.24. The Hall–Kier alpha value is -1.36. The number of hydrogen-bond donors (Lipinski definition) is 0. The number of hydrogen-bond acceptors (Lipinski definition) is 2. The van der Waals surface area contributed by atoms with Gasteiger partial charge in [-0.2, -0.15) is 0 Å². The summed E-state index contributed by atoms with van der Waals surface area (Å²) in [4.78, 5) is 4.10. The van der Waals surface area contributed by atoms with Gasteiger partial charge in [0.05, 0.1) is 6.20 Å². The standard InChI is InChI=1S/C11H10BrFN2O/c1-2-15-10(12)7-14-11(15)16-9-5-3-8(13)4-6-9/h3-7H,2H2,1H3. The molecule has 0 amide bonds. The summed E-state index contributed by atoms with van der Waals surface area (Å²) >= 11 is 3.36. The van der Waals surface area contributed by atoms with Crippen molar-refractivity contribution >= 4 is 15.9 Å². The lowest BCUT2D eigenvalue weighted by Crippen LogP contribution is -1.98. The monoisotopic (exact) mass is 284 g/mol. The molecule has 0 atom stereocenters. The lowest BCUT2D eigenvalue weighted by molar-refractivity contribution is 0.412. The molecule has 2 aromatic rings. The van der Waals surface area contributed by atoms with Crippen molar-refractivity contribution in [1.29, 1.82) is 0 Å². The summed E-state index contributed by atoms with van der Waals surface area (Å²) in [6.45, 7) is 2.74. The van der Waals surface area contributed by atoms with E-state index in [1.54, 1.807) is 18.3 Å². The van der Waals surface area contributed by atoms with Crippen LogP contribution in [0.15, 0.2) is 35.1 Å². The Morgan fingerprint density at radius 2 is 2.06 bits per heavy atom. The molecule has 0 aliphatic rings. The van der Waals surface area contributed by atoms with Crippen LogP contribution in [-0.4, -0.2) is 9.55 Å². The third-order valence-electron chi connectivity index (χ3n) is 2.11. The summed E-state index contributed by atoms with van der Waals surface area (Å²) in [5.74, 6) is 0.279. The highest BCUT2D eigenvalue weighted by molar-refractivity contribution is 9.10. The van der Waals surface area contributed by atoms with Crippen LogP contribution in [-0.2, 0) is 6.54 Å². The van der Waals surface area contributed by atoms with Crippen molar-refractivity contribution in [2.45, 2.75) is 13.5 Å². The maximum Gasteiger partial charge on any atom is 0.302 e. The van der Waals surface area contributed by atoms with Crippen LogP contribution in [0.2, 0.25) is 0 Å². The molecule has 2 rings (SSSR count). The Bertz CT molecular complexity index is 481. The number of rotatable bonds is 3. The molecule has 1 heterocycles. The average molecular weight is 285 g/mol. The van der Waals surface area contributed by atoms with Crippen LogP contribution in [0.25, 0.3) is 0 Å². The largest absolute Gasteiger partial charge is 0.425 e. The fraction of sp³-hybridized carbons (Fsp3) is 0.182. The number of benzene rings is 1. The average Bonchev–Trinajstić information content (AvgIpc) is 2.63. The van der Waals surface area contributed by atoms with Gasteiger partial charge < -0.3 is 4.74 Å². The van der Waals surface area contributed by atoms with E-state index in [1.165, 1.54) is 12.1 Å². The molecule has 0 fully saturated rings. The Balaban J connectivity index is 2.23. The van der Waals surface area contributed by atoms with Gasteiger partial charge in [-0.3, -0.25) is 4.57 Å². The maximum atomic E-state index is 12.7. The number of halogens is 2. The van der Waals surface area contributed by atoms with E-state index in [4.69, 9.17) is 4.74 Å². The van der Waals surface area contributed by atoms with Crippen LogP contribution in [0.3, 0.4) is 0 Å². The lowest BCUT2D eigenvalue weighted by atomic mass is 10.3. The van der Waals surface area contributed by atoms with Crippen LogP contribution in [0, 0.1) is 5.82 Å². The second-order valence-corrected chi connectivity index (χ2v) is 3.98. The zero-order chi connectivity index (χ0) is 11.5. The summed E-state index contributed by atoms with van der Waals surface area (Å²) in [6.07, 6.45) is 1.67. The van der Waals surface area contributed by atoms with E-state index in [2.05, 4.69) is 20.9 Å². The normalized spacial score (nSPS) is 10.4. The molecule has 1 aromatic carbocycles. The highest BCUT2D eigenvalue weighted by Crippen LogP contribution is 2.23. The predicted octanol–water partition coefficient (Wildman–Crippen LogP) is 3.60. The highest BCUT2D eigenvalue weighted by atomic mass is 79.9. The molecular formula is C11H10BrFN2O. The molecule has 0 spiro atoms. The Morgan fingerprint density at radius 3 is 2.69 bits per heavy atom. The van der Waals surface area contributed by atoms with Gasteiger partial charge in [-0.25, -0.2) is 9.37 Å². The minimum Gasteiger partial charge on any atom is -0.425 e. The molecular weight excluding hydrogens is 275 g/mol. The summed E-state index contributed by atoms with van der Waals surface area (Å²) < 4.78 is 20.9. The van der Waals surface area contributed by atoms with Crippen LogP contribution >= 0.6 is 15.9 Å². The summed E-state index contributed by atoms with van der Waals surface area (Å²) in [6, 6.07) is 6.32. The summed E-state index contributed by atoms with van der Waals surface area (Å²) in [7, 11) is 0. The number of nitrogens with zero attached hydrogens (tertiary/aromatic N) is 2. The fourth-order valence-electron chi connectivity index (χ4n) is 1.32. The third-order valence-corrected chi connectivity index (χ3v) is 2.74. The lowest BCUT2D eigenvalue weighted by Gasteiger charge is -2.07. The van der Waals surface area contributed by atoms with Crippen molar-refractivity contribution in [3.8, 4) is 11.8 Å². The van der Waals surface area contributed by atoms with Crippen molar-refractivity contribution in [2.24, 2.45) is 0 Å². The summed E-state index contributed by atoms with van der Waals surface area (Å²) in [5.41, 5.74) is 0. The van der Waals surface area contributed by atoms with Gasteiger partial charge in [-0.05, 0) is 47.1 Å². The van der Waals surface area contributed by atoms with E-state index < -0.39 is 0 Å². The van der Waals surface area contributed by atoms with E-state index in [1.807, 2.05) is 11.5 Å². The second-order valence-electron chi connectivity index (χ2n) is 3.16. The quantitative estimate of drug-likeness (QED) is 0.861. The molecule has 0 aliphatic carbocycles. The first-order valence-corrected chi connectivity index (χ1v) is 5.64. The van der Waals surface area contributed by atoms with Gasteiger partial charge in [0.2, 0.25) is 0 Å². The Morgan fingerprint density at radius 1 is 1.38 bits per heavy atom. The molecule has 84 valence electrons. The minimum absolute atomic E-state index is 0.285. The van der Waals surface area contributed by atoms with Crippen molar-refractivity contribution in [2.75, 3.05) is 0 Å². The molecule has 0 radical (unpaired) electrons. The number of aromatic nitrogens is 2. The molecule has 16 heavy (non-hydrogen) atoms. The van der Waals surface area contributed by atoms with Gasteiger partial charge in [0.15, 0.2) is 0 Å². The van der Waals surface area contributed by atoms with Gasteiger partial charge in [0, 0.05) is 6.54 Å². The number of imidazole rings is 1. The molecule has 3 nitrogen and oxygen atoms in total. The Labute approximate surface area is 101 Å². The van der Waals surface area contributed by atoms with Crippen LogP contribution in [0.4, 0.5) is 4.39 Å². The first kappa shape index (κ1) is 11.1. The van der Waals surface area contributed by atoms with E-state index >= 15 is 0 Å². The van der Waals surface area contributed by atoms with Crippen molar-refractivity contribution in [3.63, 3.8) is 0 Å². The van der Waals surface area contributed by atoms with Gasteiger partial charge in [0.25, 0.3) is 0 Å². The molecule has 1 aromatic heterocycles. The minimum atomic E-state index is -0.285. The molecule has 0 aliphatic heterocycles. The molecule has 5 heteroatoms. The number of ether oxygens (including phenoxy) is 1. The van der Waals surface area contributed by atoms with E-state index in [0.29, 0.717) is 11.8 Å². The SMILES string of the molecule is CCn1c(Br)cnc1Oc1ccc(F)cc1. The van der Waals surface area contributed by atoms with E-state index in [0.717, 1.165) is 11.1 Å². The van der Waals surface area contributed by atoms with Crippen LogP contribution in [0.1, 0.15) is 6.92 Å². The van der Waals surface area contributed by atoms with Crippen molar-refractivity contribution < 1.29 is 9.13 Å². The van der Waals surface area contributed by atoms with Gasteiger partial charge in [-0.15, -0.1) is 0 Å². The van der Waals surface area contributed by atoms with Crippen LogP contribution < -0.4 is 4.74 Å². The van der Waals surface area contributed by atoms with Gasteiger partial charge in [-0.1, -0.05) is 0 Å². The third kappa shape index (κ3) is 2.24.